The molecule has 0 spiro atoms. The standard InChI is InChI=1S/C22H23FN4O/c23-19-4-5-21-18(13-19)6-11-27(21)22(28)25-20-7-9-26(10-8-20)15-17-3-1-2-16(12-17)14-24/h1-5,12-13,20H,6-11,15H2,(H,25,28). The number of carbonyl (C=O) groups is 1. The van der Waals surface area contributed by atoms with E-state index in [0.717, 1.165) is 49.3 Å². The van der Waals surface area contributed by atoms with Crippen LogP contribution in [0.5, 0.6) is 0 Å². The highest BCUT2D eigenvalue weighted by atomic mass is 19.1. The normalized spacial score (nSPS) is 17.2. The Kier molecular flexibility index (Phi) is 5.27. The Bertz CT molecular complexity index is 915. The number of nitriles is 1. The fourth-order valence-electron chi connectivity index (χ4n) is 4.07. The third-order valence-corrected chi connectivity index (χ3v) is 5.56. The molecule has 2 aliphatic rings. The van der Waals surface area contributed by atoms with Crippen LogP contribution in [0.3, 0.4) is 0 Å². The molecule has 1 saturated heterocycles. The summed E-state index contributed by atoms with van der Waals surface area (Å²) in [5.74, 6) is -0.256. The van der Waals surface area contributed by atoms with E-state index in [-0.39, 0.29) is 17.9 Å². The van der Waals surface area contributed by atoms with E-state index in [2.05, 4.69) is 16.3 Å². The van der Waals surface area contributed by atoms with E-state index in [1.807, 2.05) is 24.3 Å². The first kappa shape index (κ1) is 18.5. The summed E-state index contributed by atoms with van der Waals surface area (Å²) in [7, 11) is 0. The zero-order valence-electron chi connectivity index (χ0n) is 15.7. The van der Waals surface area contributed by atoms with Gasteiger partial charge in [-0.1, -0.05) is 12.1 Å². The molecule has 0 aromatic heterocycles. The van der Waals surface area contributed by atoms with Gasteiger partial charge in [-0.2, -0.15) is 5.26 Å². The molecular weight excluding hydrogens is 355 g/mol. The predicted octanol–water partition coefficient (Wildman–Crippen LogP) is 3.43. The lowest BCUT2D eigenvalue weighted by molar-refractivity contribution is 0.188. The Morgan fingerprint density at radius 1 is 1.18 bits per heavy atom. The van der Waals surface area contributed by atoms with Crippen LogP contribution in [0.15, 0.2) is 42.5 Å². The molecule has 2 aromatic carbocycles. The number of nitrogens with zero attached hydrogens (tertiary/aromatic N) is 3. The van der Waals surface area contributed by atoms with Crippen LogP contribution in [-0.4, -0.2) is 36.6 Å². The number of hydrogen-bond donors (Lipinski definition) is 1. The van der Waals surface area contributed by atoms with Crippen molar-refractivity contribution in [2.45, 2.75) is 31.8 Å². The zero-order chi connectivity index (χ0) is 19.5. The minimum Gasteiger partial charge on any atom is -0.335 e. The summed E-state index contributed by atoms with van der Waals surface area (Å²) in [6, 6.07) is 14.6. The largest absolute Gasteiger partial charge is 0.335 e. The number of amides is 2. The van der Waals surface area contributed by atoms with Crippen LogP contribution in [0, 0.1) is 17.1 Å². The van der Waals surface area contributed by atoms with Crippen LogP contribution >= 0.6 is 0 Å². The molecule has 144 valence electrons. The average molecular weight is 378 g/mol. The third-order valence-electron chi connectivity index (χ3n) is 5.56. The average Bonchev–Trinajstić information content (AvgIpc) is 3.13. The lowest BCUT2D eigenvalue weighted by atomic mass is 10.0. The summed E-state index contributed by atoms with van der Waals surface area (Å²) in [6.07, 6.45) is 2.49. The molecule has 0 atom stereocenters. The smallest absolute Gasteiger partial charge is 0.322 e. The second-order valence-corrected chi connectivity index (χ2v) is 7.49. The number of likely N-dealkylation sites (tertiary alicyclic amines) is 1. The Morgan fingerprint density at radius 2 is 2.00 bits per heavy atom. The van der Waals surface area contributed by atoms with Gasteiger partial charge in [-0.3, -0.25) is 9.80 Å². The molecule has 1 fully saturated rings. The Labute approximate surface area is 164 Å². The number of anilines is 1. The molecule has 0 unspecified atom stereocenters. The van der Waals surface area contributed by atoms with Crippen LogP contribution < -0.4 is 10.2 Å². The summed E-state index contributed by atoms with van der Waals surface area (Å²) >= 11 is 0. The molecule has 0 bridgehead atoms. The zero-order valence-corrected chi connectivity index (χ0v) is 15.7. The van der Waals surface area contributed by atoms with Crippen molar-refractivity contribution in [1.29, 1.82) is 5.26 Å². The highest BCUT2D eigenvalue weighted by molar-refractivity contribution is 5.94. The molecule has 2 heterocycles. The van der Waals surface area contributed by atoms with Gasteiger partial charge in [-0.05, 0) is 60.7 Å². The van der Waals surface area contributed by atoms with Crippen molar-refractivity contribution in [3.63, 3.8) is 0 Å². The molecule has 6 heteroatoms. The third kappa shape index (κ3) is 4.00. The number of fused-ring (bicyclic) bond motifs is 1. The Morgan fingerprint density at radius 3 is 2.79 bits per heavy atom. The summed E-state index contributed by atoms with van der Waals surface area (Å²) in [5.41, 5.74) is 3.53. The van der Waals surface area contributed by atoms with E-state index >= 15 is 0 Å². The van der Waals surface area contributed by atoms with Crippen molar-refractivity contribution < 1.29 is 9.18 Å². The lowest BCUT2D eigenvalue weighted by Gasteiger charge is -2.33. The van der Waals surface area contributed by atoms with Crippen LogP contribution in [0.25, 0.3) is 0 Å². The molecule has 2 aromatic rings. The topological polar surface area (TPSA) is 59.4 Å². The number of piperidine rings is 1. The van der Waals surface area contributed by atoms with E-state index in [1.165, 1.54) is 12.1 Å². The Balaban J connectivity index is 1.29. The summed E-state index contributed by atoms with van der Waals surface area (Å²) < 4.78 is 13.4. The maximum absolute atomic E-state index is 13.4. The van der Waals surface area contributed by atoms with Gasteiger partial charge in [0.15, 0.2) is 0 Å². The molecule has 28 heavy (non-hydrogen) atoms. The first-order chi connectivity index (χ1) is 13.6. The molecule has 1 N–H and O–H groups in total. The van der Waals surface area contributed by atoms with Gasteiger partial charge in [0, 0.05) is 37.9 Å². The van der Waals surface area contributed by atoms with Gasteiger partial charge in [0.1, 0.15) is 5.82 Å². The monoisotopic (exact) mass is 378 g/mol. The van der Waals surface area contributed by atoms with Crippen LogP contribution in [0.4, 0.5) is 14.9 Å². The van der Waals surface area contributed by atoms with E-state index in [0.29, 0.717) is 18.5 Å². The summed E-state index contributed by atoms with van der Waals surface area (Å²) in [6.45, 7) is 3.23. The first-order valence-electron chi connectivity index (χ1n) is 9.70. The van der Waals surface area contributed by atoms with E-state index < -0.39 is 0 Å². The number of carbonyl (C=O) groups excluding carboxylic acids is 1. The van der Waals surface area contributed by atoms with Crippen molar-refractivity contribution in [3.8, 4) is 6.07 Å². The van der Waals surface area contributed by atoms with Crippen LogP contribution in [0.1, 0.15) is 29.5 Å². The van der Waals surface area contributed by atoms with Crippen molar-refractivity contribution in [3.05, 3.63) is 65.0 Å². The van der Waals surface area contributed by atoms with Crippen molar-refractivity contribution in [2.24, 2.45) is 0 Å². The molecule has 0 aliphatic carbocycles. The molecule has 2 amide bonds. The minimum absolute atomic E-state index is 0.0921. The quantitative estimate of drug-likeness (QED) is 0.890. The van der Waals surface area contributed by atoms with Crippen LogP contribution in [0.2, 0.25) is 0 Å². The number of benzene rings is 2. The van der Waals surface area contributed by atoms with E-state index in [4.69, 9.17) is 5.26 Å². The highest BCUT2D eigenvalue weighted by Crippen LogP contribution is 2.28. The van der Waals surface area contributed by atoms with Crippen molar-refractivity contribution in [1.82, 2.24) is 10.2 Å². The van der Waals surface area contributed by atoms with Gasteiger partial charge in [0.25, 0.3) is 0 Å². The van der Waals surface area contributed by atoms with Gasteiger partial charge in [-0.15, -0.1) is 0 Å². The fourth-order valence-corrected chi connectivity index (χ4v) is 4.07. The summed E-state index contributed by atoms with van der Waals surface area (Å²) in [5, 5.41) is 12.2. The molecular formula is C22H23FN4O. The SMILES string of the molecule is N#Cc1cccc(CN2CCC(NC(=O)N3CCc4cc(F)ccc43)CC2)c1. The van der Waals surface area contributed by atoms with E-state index in [9.17, 15) is 9.18 Å². The molecule has 0 radical (unpaired) electrons. The van der Waals surface area contributed by atoms with Gasteiger partial charge in [-0.25, -0.2) is 9.18 Å². The highest BCUT2D eigenvalue weighted by Gasteiger charge is 2.28. The van der Waals surface area contributed by atoms with Crippen molar-refractivity contribution in [2.75, 3.05) is 24.5 Å². The fraction of sp³-hybridized carbons (Fsp3) is 0.364. The van der Waals surface area contributed by atoms with Gasteiger partial charge in [0.2, 0.25) is 0 Å². The molecule has 0 saturated carbocycles. The lowest BCUT2D eigenvalue weighted by Crippen LogP contribution is -2.48. The summed E-state index contributed by atoms with van der Waals surface area (Å²) in [4.78, 5) is 16.8. The van der Waals surface area contributed by atoms with Gasteiger partial charge < -0.3 is 5.32 Å². The number of rotatable bonds is 3. The van der Waals surface area contributed by atoms with Gasteiger partial charge in [0.05, 0.1) is 11.6 Å². The minimum atomic E-state index is -0.256. The molecule has 5 nitrogen and oxygen atoms in total. The molecule has 4 rings (SSSR count). The predicted molar refractivity (Wildman–Crippen MR) is 105 cm³/mol. The number of hydrogen-bond acceptors (Lipinski definition) is 3. The first-order valence-corrected chi connectivity index (χ1v) is 9.70. The maximum atomic E-state index is 13.4. The van der Waals surface area contributed by atoms with E-state index in [1.54, 1.807) is 11.0 Å². The molecule has 2 aliphatic heterocycles. The number of halogens is 1. The maximum Gasteiger partial charge on any atom is 0.322 e. The van der Waals surface area contributed by atoms with Gasteiger partial charge >= 0.3 is 6.03 Å². The number of urea groups is 1. The second kappa shape index (κ2) is 7.99. The van der Waals surface area contributed by atoms with Crippen molar-refractivity contribution >= 4 is 11.7 Å². The Hall–Kier alpha value is -2.91. The van der Waals surface area contributed by atoms with Crippen LogP contribution in [-0.2, 0) is 13.0 Å². The second-order valence-electron chi connectivity index (χ2n) is 7.49. The number of nitrogens with one attached hydrogen (secondary N) is 1.